The Morgan fingerprint density at radius 2 is 2.00 bits per heavy atom. The monoisotopic (exact) mass is 347 g/mol. The highest BCUT2D eigenvalue weighted by Crippen LogP contribution is 2.28. The van der Waals surface area contributed by atoms with E-state index in [2.05, 4.69) is 65.6 Å². The van der Waals surface area contributed by atoms with Crippen molar-refractivity contribution < 1.29 is 0 Å². The van der Waals surface area contributed by atoms with Gasteiger partial charge < -0.3 is 5.32 Å². The van der Waals surface area contributed by atoms with Gasteiger partial charge in [-0.25, -0.2) is 0 Å². The molecular formula is C14H26BrN3S. The number of halogens is 1. The molecule has 1 unspecified atom stereocenters. The van der Waals surface area contributed by atoms with Gasteiger partial charge in [0.2, 0.25) is 0 Å². The molecule has 19 heavy (non-hydrogen) atoms. The number of hydrogen-bond acceptors (Lipinski definition) is 3. The smallest absolute Gasteiger partial charge is 0.0707 e. The van der Waals surface area contributed by atoms with E-state index in [4.69, 9.17) is 0 Å². The lowest BCUT2D eigenvalue weighted by atomic mass is 10.2. The fraction of sp³-hybridized carbons (Fsp3) is 0.786. The highest BCUT2D eigenvalue weighted by molar-refractivity contribution is 9.10. The van der Waals surface area contributed by atoms with Crippen molar-refractivity contribution >= 4 is 27.7 Å². The second kappa shape index (κ2) is 8.32. The first kappa shape index (κ1) is 17.1. The molecule has 0 amide bonds. The van der Waals surface area contributed by atoms with E-state index in [1.165, 1.54) is 11.4 Å². The Bertz CT molecular complexity index is 377. The number of aromatic nitrogens is 2. The van der Waals surface area contributed by atoms with Gasteiger partial charge in [0.05, 0.1) is 22.4 Å². The molecule has 0 aliphatic carbocycles. The molecule has 1 aromatic heterocycles. The van der Waals surface area contributed by atoms with E-state index in [9.17, 15) is 0 Å². The molecule has 0 fully saturated rings. The molecule has 1 aromatic rings. The summed E-state index contributed by atoms with van der Waals surface area (Å²) in [6.45, 7) is 12.0. The standard InChI is InChI=1S/C14H26BrN3S/c1-6-16-13(9-19-8-10(2)3)14-12(15)7-17-18(14)11(4)5/h7,10-11,13,16H,6,8-9H2,1-5H3. The van der Waals surface area contributed by atoms with Crippen molar-refractivity contribution in [3.8, 4) is 0 Å². The van der Waals surface area contributed by atoms with Gasteiger partial charge in [-0.2, -0.15) is 16.9 Å². The maximum absolute atomic E-state index is 4.48. The molecule has 5 heteroatoms. The summed E-state index contributed by atoms with van der Waals surface area (Å²) < 4.78 is 3.23. The lowest BCUT2D eigenvalue weighted by Crippen LogP contribution is -2.27. The fourth-order valence-corrected chi connectivity index (χ4v) is 3.66. The fourth-order valence-electron chi connectivity index (χ4n) is 1.99. The van der Waals surface area contributed by atoms with Crippen LogP contribution in [-0.4, -0.2) is 27.8 Å². The average Bonchev–Trinajstić information content (AvgIpc) is 2.69. The summed E-state index contributed by atoms with van der Waals surface area (Å²) in [5.74, 6) is 3.03. The van der Waals surface area contributed by atoms with E-state index in [0.717, 1.165) is 22.7 Å². The van der Waals surface area contributed by atoms with Gasteiger partial charge in [0, 0.05) is 11.8 Å². The van der Waals surface area contributed by atoms with Gasteiger partial charge in [0.25, 0.3) is 0 Å². The van der Waals surface area contributed by atoms with E-state index >= 15 is 0 Å². The molecule has 0 aliphatic heterocycles. The van der Waals surface area contributed by atoms with Gasteiger partial charge in [0.15, 0.2) is 0 Å². The van der Waals surface area contributed by atoms with Crippen LogP contribution in [0.3, 0.4) is 0 Å². The highest BCUT2D eigenvalue weighted by atomic mass is 79.9. The van der Waals surface area contributed by atoms with Crippen LogP contribution in [0.5, 0.6) is 0 Å². The molecule has 0 spiro atoms. The topological polar surface area (TPSA) is 29.9 Å². The Morgan fingerprint density at radius 3 is 2.53 bits per heavy atom. The van der Waals surface area contributed by atoms with Crippen LogP contribution in [0.15, 0.2) is 10.7 Å². The SMILES string of the molecule is CCNC(CSCC(C)C)c1c(Br)cnn1C(C)C. The second-order valence-electron chi connectivity index (χ2n) is 5.46. The molecule has 0 aromatic carbocycles. The second-order valence-corrected chi connectivity index (χ2v) is 7.39. The minimum Gasteiger partial charge on any atom is -0.308 e. The first-order valence-electron chi connectivity index (χ1n) is 7.01. The summed E-state index contributed by atoms with van der Waals surface area (Å²) in [6, 6.07) is 0.741. The number of thioether (sulfide) groups is 1. The van der Waals surface area contributed by atoms with Crippen LogP contribution >= 0.6 is 27.7 Å². The normalized spacial score (nSPS) is 13.5. The molecule has 0 radical (unpaired) electrons. The van der Waals surface area contributed by atoms with Crippen LogP contribution in [0.1, 0.15) is 52.4 Å². The molecule has 110 valence electrons. The van der Waals surface area contributed by atoms with Crippen LogP contribution in [-0.2, 0) is 0 Å². The summed E-state index contributed by atoms with van der Waals surface area (Å²) >= 11 is 5.66. The third-order valence-electron chi connectivity index (χ3n) is 2.79. The number of rotatable bonds is 8. The van der Waals surface area contributed by atoms with Crippen molar-refractivity contribution in [1.29, 1.82) is 0 Å². The zero-order valence-electron chi connectivity index (χ0n) is 12.6. The van der Waals surface area contributed by atoms with Crippen molar-refractivity contribution in [2.75, 3.05) is 18.1 Å². The molecule has 0 aliphatic rings. The lowest BCUT2D eigenvalue weighted by molar-refractivity contribution is 0.467. The molecule has 3 nitrogen and oxygen atoms in total. The first-order valence-corrected chi connectivity index (χ1v) is 8.96. The molecule has 1 atom stereocenters. The lowest BCUT2D eigenvalue weighted by Gasteiger charge is -2.22. The van der Waals surface area contributed by atoms with Crippen molar-refractivity contribution in [3.63, 3.8) is 0 Å². The summed E-state index contributed by atoms with van der Waals surface area (Å²) in [5.41, 5.74) is 1.27. The van der Waals surface area contributed by atoms with Gasteiger partial charge in [0.1, 0.15) is 0 Å². The average molecular weight is 348 g/mol. The maximum atomic E-state index is 4.48. The predicted molar refractivity (Wildman–Crippen MR) is 88.9 cm³/mol. The molecule has 0 bridgehead atoms. The third-order valence-corrected chi connectivity index (χ3v) is 4.87. The van der Waals surface area contributed by atoms with Crippen LogP contribution < -0.4 is 5.32 Å². The van der Waals surface area contributed by atoms with E-state index in [1.54, 1.807) is 0 Å². The van der Waals surface area contributed by atoms with Gasteiger partial charge in [-0.1, -0.05) is 20.8 Å². The number of hydrogen-bond donors (Lipinski definition) is 1. The Labute approximate surface area is 130 Å². The summed E-state index contributed by atoms with van der Waals surface area (Å²) in [4.78, 5) is 0. The van der Waals surface area contributed by atoms with Gasteiger partial charge in [-0.15, -0.1) is 0 Å². The van der Waals surface area contributed by atoms with Crippen molar-refractivity contribution in [3.05, 3.63) is 16.4 Å². The zero-order valence-corrected chi connectivity index (χ0v) is 15.0. The number of nitrogens with one attached hydrogen (secondary N) is 1. The molecule has 1 N–H and O–H groups in total. The van der Waals surface area contributed by atoms with Crippen molar-refractivity contribution in [2.24, 2.45) is 5.92 Å². The van der Waals surface area contributed by atoms with Crippen LogP contribution in [0.4, 0.5) is 0 Å². The van der Waals surface area contributed by atoms with Gasteiger partial charge >= 0.3 is 0 Å². The maximum Gasteiger partial charge on any atom is 0.0707 e. The van der Waals surface area contributed by atoms with Crippen LogP contribution in [0.25, 0.3) is 0 Å². The van der Waals surface area contributed by atoms with E-state index in [1.807, 2.05) is 18.0 Å². The molecule has 1 rings (SSSR count). The van der Waals surface area contributed by atoms with Crippen molar-refractivity contribution in [2.45, 2.75) is 46.7 Å². The molecule has 0 saturated carbocycles. The van der Waals surface area contributed by atoms with Crippen LogP contribution in [0, 0.1) is 5.92 Å². The Hall–Kier alpha value is 0. The molecule has 0 saturated heterocycles. The summed E-state index contributed by atoms with van der Waals surface area (Å²) in [6.07, 6.45) is 1.91. The van der Waals surface area contributed by atoms with Crippen molar-refractivity contribution in [1.82, 2.24) is 15.1 Å². The Balaban J connectivity index is 2.82. The van der Waals surface area contributed by atoms with E-state index in [-0.39, 0.29) is 0 Å². The summed E-state index contributed by atoms with van der Waals surface area (Å²) in [7, 11) is 0. The summed E-state index contributed by atoms with van der Waals surface area (Å²) in [5, 5.41) is 8.07. The van der Waals surface area contributed by atoms with Gasteiger partial charge in [-0.3, -0.25) is 4.68 Å². The van der Waals surface area contributed by atoms with E-state index in [0.29, 0.717) is 12.1 Å². The van der Waals surface area contributed by atoms with Gasteiger partial charge in [-0.05, 0) is 48.0 Å². The molecule has 1 heterocycles. The quantitative estimate of drug-likeness (QED) is 0.761. The minimum absolute atomic E-state index is 0.355. The Kier molecular flexibility index (Phi) is 7.47. The third kappa shape index (κ3) is 5.12. The molecular weight excluding hydrogens is 322 g/mol. The predicted octanol–water partition coefficient (Wildman–Crippen LogP) is 4.27. The van der Waals surface area contributed by atoms with Crippen LogP contribution in [0.2, 0.25) is 0 Å². The van der Waals surface area contributed by atoms with E-state index < -0.39 is 0 Å². The first-order chi connectivity index (χ1) is 8.97. The largest absolute Gasteiger partial charge is 0.308 e. The highest BCUT2D eigenvalue weighted by Gasteiger charge is 2.20. The zero-order chi connectivity index (χ0) is 14.4. The number of nitrogens with zero attached hydrogens (tertiary/aromatic N) is 2. The minimum atomic E-state index is 0.355. The Morgan fingerprint density at radius 1 is 1.32 bits per heavy atom.